The van der Waals surface area contributed by atoms with Crippen LogP contribution in [0.2, 0.25) is 0 Å². The van der Waals surface area contributed by atoms with Crippen LogP contribution >= 0.6 is 11.3 Å². The van der Waals surface area contributed by atoms with Crippen molar-refractivity contribution < 1.29 is 4.74 Å². The van der Waals surface area contributed by atoms with Gasteiger partial charge in [0.15, 0.2) is 0 Å². The molecule has 108 valence electrons. The van der Waals surface area contributed by atoms with Gasteiger partial charge in [-0.15, -0.1) is 11.3 Å². The maximum absolute atomic E-state index is 5.49. The van der Waals surface area contributed by atoms with Gasteiger partial charge in [0.05, 0.1) is 10.2 Å². The molecule has 0 radical (unpaired) electrons. The second-order valence-electron chi connectivity index (χ2n) is 4.89. The topological polar surface area (TPSA) is 51.1 Å². The predicted octanol–water partition coefficient (Wildman–Crippen LogP) is 2.69. The molecule has 21 heavy (non-hydrogen) atoms. The van der Waals surface area contributed by atoms with Crippen molar-refractivity contribution in [1.29, 1.82) is 0 Å². The second kappa shape index (κ2) is 6.15. The van der Waals surface area contributed by atoms with Crippen LogP contribution in [0.5, 0.6) is 6.01 Å². The number of aromatic nitrogens is 3. The lowest BCUT2D eigenvalue weighted by Crippen LogP contribution is -2.19. The molecule has 5 nitrogen and oxygen atoms in total. The van der Waals surface area contributed by atoms with Gasteiger partial charge in [0, 0.05) is 24.5 Å². The highest BCUT2D eigenvalue weighted by molar-refractivity contribution is 7.21. The Morgan fingerprint density at radius 2 is 1.90 bits per heavy atom. The third kappa shape index (κ3) is 3.34. The molecule has 0 aliphatic carbocycles. The van der Waals surface area contributed by atoms with Crippen molar-refractivity contribution in [3.8, 4) is 16.6 Å². The maximum Gasteiger partial charge on any atom is 0.316 e. The zero-order valence-electron chi connectivity index (χ0n) is 12.0. The molecular weight excluding hydrogens is 284 g/mol. The smallest absolute Gasteiger partial charge is 0.316 e. The summed E-state index contributed by atoms with van der Waals surface area (Å²) in [6.07, 6.45) is 3.52. The molecular formula is C15H16N4OS. The third-order valence-corrected chi connectivity index (χ3v) is 4.02. The van der Waals surface area contributed by atoms with E-state index >= 15 is 0 Å². The van der Waals surface area contributed by atoms with E-state index in [4.69, 9.17) is 4.74 Å². The Hall–Kier alpha value is -2.05. The Balaban J connectivity index is 1.74. The lowest BCUT2D eigenvalue weighted by molar-refractivity contribution is 0.245. The van der Waals surface area contributed by atoms with Crippen LogP contribution in [0.15, 0.2) is 36.7 Å². The largest absolute Gasteiger partial charge is 0.462 e. The zero-order valence-corrected chi connectivity index (χ0v) is 12.8. The number of thiazole rings is 1. The van der Waals surface area contributed by atoms with Crippen LogP contribution in [-0.4, -0.2) is 47.1 Å². The first-order valence-corrected chi connectivity index (χ1v) is 7.49. The lowest BCUT2D eigenvalue weighted by atomic mass is 10.3. The Bertz CT molecular complexity index is 691. The molecule has 0 amide bonds. The second-order valence-corrected chi connectivity index (χ2v) is 5.92. The van der Waals surface area contributed by atoms with Crippen LogP contribution in [0.25, 0.3) is 20.8 Å². The van der Waals surface area contributed by atoms with Gasteiger partial charge < -0.3 is 9.64 Å². The third-order valence-electron chi connectivity index (χ3n) is 2.94. The summed E-state index contributed by atoms with van der Waals surface area (Å²) in [6, 6.07) is 8.49. The van der Waals surface area contributed by atoms with Gasteiger partial charge in [-0.25, -0.2) is 15.0 Å². The number of fused-ring (bicyclic) bond motifs is 1. The SMILES string of the molecule is CN(C)CCOc1ncc(-c2nc3ccccc3s2)cn1. The first-order valence-electron chi connectivity index (χ1n) is 6.68. The van der Waals surface area contributed by atoms with Gasteiger partial charge in [-0.1, -0.05) is 12.1 Å². The fraction of sp³-hybridized carbons (Fsp3) is 0.267. The molecule has 0 aliphatic heterocycles. The number of nitrogens with zero attached hydrogens (tertiary/aromatic N) is 4. The van der Waals surface area contributed by atoms with Gasteiger partial charge in [0.2, 0.25) is 0 Å². The van der Waals surface area contributed by atoms with Gasteiger partial charge in [0.1, 0.15) is 11.6 Å². The van der Waals surface area contributed by atoms with Crippen molar-refractivity contribution in [2.75, 3.05) is 27.2 Å². The van der Waals surface area contributed by atoms with Crippen molar-refractivity contribution >= 4 is 21.6 Å². The lowest BCUT2D eigenvalue weighted by Gasteiger charge is -2.09. The molecule has 3 rings (SSSR count). The first kappa shape index (κ1) is 13.9. The monoisotopic (exact) mass is 300 g/mol. The molecule has 1 aromatic carbocycles. The molecule has 0 saturated heterocycles. The molecule has 0 atom stereocenters. The predicted molar refractivity (Wildman–Crippen MR) is 84.7 cm³/mol. The summed E-state index contributed by atoms with van der Waals surface area (Å²) in [4.78, 5) is 15.1. The summed E-state index contributed by atoms with van der Waals surface area (Å²) in [7, 11) is 4.00. The fourth-order valence-electron chi connectivity index (χ4n) is 1.82. The number of benzene rings is 1. The summed E-state index contributed by atoms with van der Waals surface area (Å²) < 4.78 is 6.65. The number of rotatable bonds is 5. The minimum Gasteiger partial charge on any atom is -0.462 e. The van der Waals surface area contributed by atoms with Gasteiger partial charge in [-0.3, -0.25) is 0 Å². The first-order chi connectivity index (χ1) is 10.2. The van der Waals surface area contributed by atoms with E-state index in [9.17, 15) is 0 Å². The van der Waals surface area contributed by atoms with Gasteiger partial charge >= 0.3 is 6.01 Å². The standard InChI is InChI=1S/C15H16N4OS/c1-19(2)7-8-20-15-16-9-11(10-17-15)14-18-12-5-3-4-6-13(12)21-14/h3-6,9-10H,7-8H2,1-2H3. The van der Waals surface area contributed by atoms with E-state index in [0.29, 0.717) is 12.6 Å². The average Bonchev–Trinajstić information content (AvgIpc) is 2.91. The molecule has 2 aromatic heterocycles. The van der Waals surface area contributed by atoms with E-state index in [1.165, 1.54) is 4.70 Å². The van der Waals surface area contributed by atoms with Crippen LogP contribution in [0, 0.1) is 0 Å². The Labute approximate surface area is 127 Å². The summed E-state index contributed by atoms with van der Waals surface area (Å²) in [5.74, 6) is 0. The van der Waals surface area contributed by atoms with Gasteiger partial charge in [-0.2, -0.15) is 0 Å². The molecule has 0 unspecified atom stereocenters. The average molecular weight is 300 g/mol. The fourth-order valence-corrected chi connectivity index (χ4v) is 2.76. The highest BCUT2D eigenvalue weighted by atomic mass is 32.1. The highest BCUT2D eigenvalue weighted by Crippen LogP contribution is 2.29. The molecule has 0 fully saturated rings. The number of hydrogen-bond donors (Lipinski definition) is 0. The van der Waals surface area contributed by atoms with E-state index in [1.807, 2.05) is 32.3 Å². The van der Waals surface area contributed by atoms with Crippen LogP contribution in [0.3, 0.4) is 0 Å². The Morgan fingerprint density at radius 1 is 1.14 bits per heavy atom. The van der Waals surface area contributed by atoms with E-state index in [1.54, 1.807) is 23.7 Å². The van der Waals surface area contributed by atoms with Crippen LogP contribution in [-0.2, 0) is 0 Å². The summed E-state index contributed by atoms with van der Waals surface area (Å²) in [5.41, 5.74) is 1.92. The van der Waals surface area contributed by atoms with Crippen molar-refractivity contribution in [2.24, 2.45) is 0 Å². The quantitative estimate of drug-likeness (QED) is 0.725. The molecule has 0 N–H and O–H groups in total. The van der Waals surface area contributed by atoms with Crippen LogP contribution in [0.4, 0.5) is 0 Å². The van der Waals surface area contributed by atoms with E-state index in [2.05, 4.69) is 25.9 Å². The summed E-state index contributed by atoms with van der Waals surface area (Å²) in [6.45, 7) is 1.41. The number of para-hydroxylation sites is 1. The Kier molecular flexibility index (Phi) is 4.08. The van der Waals surface area contributed by atoms with Crippen LogP contribution in [0.1, 0.15) is 0 Å². The molecule has 0 bridgehead atoms. The van der Waals surface area contributed by atoms with Crippen molar-refractivity contribution in [1.82, 2.24) is 19.9 Å². The normalized spacial score (nSPS) is 11.2. The molecule has 2 heterocycles. The molecule has 6 heteroatoms. The number of likely N-dealkylation sites (N-methyl/N-ethyl adjacent to an activating group) is 1. The zero-order chi connectivity index (χ0) is 14.7. The highest BCUT2D eigenvalue weighted by Gasteiger charge is 2.07. The summed E-state index contributed by atoms with van der Waals surface area (Å²) in [5, 5.41) is 0.927. The molecule has 0 aliphatic rings. The minimum absolute atomic E-state index is 0.404. The van der Waals surface area contributed by atoms with Gasteiger partial charge in [0.25, 0.3) is 0 Å². The van der Waals surface area contributed by atoms with Crippen LogP contribution < -0.4 is 4.74 Å². The van der Waals surface area contributed by atoms with E-state index < -0.39 is 0 Å². The molecule has 3 aromatic rings. The summed E-state index contributed by atoms with van der Waals surface area (Å²) >= 11 is 1.64. The number of hydrogen-bond acceptors (Lipinski definition) is 6. The Morgan fingerprint density at radius 3 is 2.62 bits per heavy atom. The van der Waals surface area contributed by atoms with E-state index in [0.717, 1.165) is 22.6 Å². The van der Waals surface area contributed by atoms with Crippen molar-refractivity contribution in [3.63, 3.8) is 0 Å². The van der Waals surface area contributed by atoms with Gasteiger partial charge in [-0.05, 0) is 26.2 Å². The van der Waals surface area contributed by atoms with E-state index in [-0.39, 0.29) is 0 Å². The minimum atomic E-state index is 0.404. The molecule has 0 spiro atoms. The molecule has 0 saturated carbocycles. The van der Waals surface area contributed by atoms with Crippen molar-refractivity contribution in [3.05, 3.63) is 36.7 Å². The number of ether oxygens (including phenoxy) is 1. The maximum atomic E-state index is 5.49. The van der Waals surface area contributed by atoms with Crippen molar-refractivity contribution in [2.45, 2.75) is 0 Å².